The molecule has 122 valence electrons. The number of amides is 2. The van der Waals surface area contributed by atoms with Gasteiger partial charge < -0.3 is 10.6 Å². The molecule has 2 rings (SSSR count). The summed E-state index contributed by atoms with van der Waals surface area (Å²) in [7, 11) is 0. The SMILES string of the molecule is Cc1cccc(CNC(=O)Nc2cc(C(F)(F)F)ccc2F)c1. The third-order valence-electron chi connectivity index (χ3n) is 3.08. The maximum atomic E-state index is 13.5. The van der Waals surface area contributed by atoms with Crippen molar-refractivity contribution < 1.29 is 22.4 Å². The highest BCUT2D eigenvalue weighted by atomic mass is 19.4. The van der Waals surface area contributed by atoms with E-state index in [1.807, 2.05) is 25.1 Å². The lowest BCUT2D eigenvalue weighted by Crippen LogP contribution is -2.28. The summed E-state index contributed by atoms with van der Waals surface area (Å²) in [5.41, 5.74) is 0.271. The number of carbonyl (C=O) groups is 1. The zero-order valence-electron chi connectivity index (χ0n) is 12.2. The number of benzene rings is 2. The summed E-state index contributed by atoms with van der Waals surface area (Å²) in [6, 6.07) is 8.40. The van der Waals surface area contributed by atoms with Crippen LogP contribution in [0.1, 0.15) is 16.7 Å². The maximum absolute atomic E-state index is 13.5. The zero-order valence-corrected chi connectivity index (χ0v) is 12.2. The Morgan fingerprint density at radius 1 is 1.13 bits per heavy atom. The maximum Gasteiger partial charge on any atom is 0.416 e. The molecule has 0 heterocycles. The molecule has 0 bridgehead atoms. The van der Waals surface area contributed by atoms with Crippen LogP contribution in [0.5, 0.6) is 0 Å². The number of rotatable bonds is 3. The highest BCUT2D eigenvalue weighted by Crippen LogP contribution is 2.31. The second-order valence-electron chi connectivity index (χ2n) is 4.99. The highest BCUT2D eigenvalue weighted by molar-refractivity contribution is 5.89. The summed E-state index contributed by atoms with van der Waals surface area (Å²) in [5.74, 6) is -0.941. The monoisotopic (exact) mass is 326 g/mol. The topological polar surface area (TPSA) is 41.1 Å². The Labute approximate surface area is 130 Å². The van der Waals surface area contributed by atoms with Gasteiger partial charge in [0.2, 0.25) is 0 Å². The van der Waals surface area contributed by atoms with Gasteiger partial charge in [-0.05, 0) is 30.7 Å². The average molecular weight is 326 g/mol. The predicted molar refractivity (Wildman–Crippen MR) is 78.4 cm³/mol. The Morgan fingerprint density at radius 2 is 1.87 bits per heavy atom. The van der Waals surface area contributed by atoms with Crippen LogP contribution >= 0.6 is 0 Å². The molecule has 0 saturated carbocycles. The first-order valence-electron chi connectivity index (χ1n) is 6.73. The summed E-state index contributed by atoms with van der Waals surface area (Å²) in [4.78, 5) is 11.7. The van der Waals surface area contributed by atoms with Crippen molar-refractivity contribution in [3.8, 4) is 0 Å². The minimum absolute atomic E-state index is 0.175. The fourth-order valence-corrected chi connectivity index (χ4v) is 1.97. The van der Waals surface area contributed by atoms with Crippen LogP contribution in [0.2, 0.25) is 0 Å². The molecule has 0 aliphatic heterocycles. The summed E-state index contributed by atoms with van der Waals surface area (Å²) < 4.78 is 51.3. The summed E-state index contributed by atoms with van der Waals surface area (Å²) >= 11 is 0. The molecule has 0 fully saturated rings. The second kappa shape index (κ2) is 6.68. The van der Waals surface area contributed by atoms with E-state index in [1.165, 1.54) is 0 Å². The number of nitrogens with one attached hydrogen (secondary N) is 2. The lowest BCUT2D eigenvalue weighted by molar-refractivity contribution is -0.137. The van der Waals surface area contributed by atoms with E-state index in [4.69, 9.17) is 0 Å². The van der Waals surface area contributed by atoms with Crippen LogP contribution in [0.4, 0.5) is 28.0 Å². The lowest BCUT2D eigenvalue weighted by atomic mass is 10.1. The first-order valence-corrected chi connectivity index (χ1v) is 6.73. The van der Waals surface area contributed by atoms with E-state index in [0.29, 0.717) is 18.2 Å². The van der Waals surface area contributed by atoms with Gasteiger partial charge >= 0.3 is 12.2 Å². The highest BCUT2D eigenvalue weighted by Gasteiger charge is 2.31. The van der Waals surface area contributed by atoms with Crippen molar-refractivity contribution in [1.29, 1.82) is 0 Å². The van der Waals surface area contributed by atoms with Crippen LogP contribution in [-0.2, 0) is 12.7 Å². The number of anilines is 1. The molecular weight excluding hydrogens is 312 g/mol. The predicted octanol–water partition coefficient (Wildman–Crippen LogP) is 4.47. The minimum atomic E-state index is -4.61. The Hall–Kier alpha value is -2.57. The van der Waals surface area contributed by atoms with Crippen molar-refractivity contribution in [2.24, 2.45) is 0 Å². The van der Waals surface area contributed by atoms with Crippen LogP contribution in [-0.4, -0.2) is 6.03 Å². The van der Waals surface area contributed by atoms with Crippen molar-refractivity contribution in [1.82, 2.24) is 5.32 Å². The van der Waals surface area contributed by atoms with Crippen molar-refractivity contribution in [2.45, 2.75) is 19.6 Å². The van der Waals surface area contributed by atoms with Crippen LogP contribution in [0.15, 0.2) is 42.5 Å². The molecule has 7 heteroatoms. The first-order chi connectivity index (χ1) is 10.8. The molecule has 0 atom stereocenters. The van der Waals surface area contributed by atoms with Crippen LogP contribution < -0.4 is 10.6 Å². The summed E-state index contributed by atoms with van der Waals surface area (Å²) in [6.07, 6.45) is -4.61. The second-order valence-corrected chi connectivity index (χ2v) is 4.99. The standard InChI is InChI=1S/C16H14F4N2O/c1-10-3-2-4-11(7-10)9-21-15(23)22-14-8-12(16(18,19)20)5-6-13(14)17/h2-8H,9H2,1H3,(H2,21,22,23). The molecule has 0 aliphatic rings. The van der Waals surface area contributed by atoms with Gasteiger partial charge in [0.05, 0.1) is 11.3 Å². The van der Waals surface area contributed by atoms with Crippen molar-refractivity contribution in [3.63, 3.8) is 0 Å². The molecular formula is C16H14F4N2O. The Balaban J connectivity index is 2.02. The van der Waals surface area contributed by atoms with Gasteiger partial charge in [-0.2, -0.15) is 13.2 Å². The molecule has 2 aromatic carbocycles. The van der Waals surface area contributed by atoms with Crippen molar-refractivity contribution in [3.05, 3.63) is 65.0 Å². The van der Waals surface area contributed by atoms with Crippen molar-refractivity contribution in [2.75, 3.05) is 5.32 Å². The van der Waals surface area contributed by atoms with Gasteiger partial charge in [0.25, 0.3) is 0 Å². The molecule has 2 amide bonds. The number of hydrogen-bond donors (Lipinski definition) is 2. The van der Waals surface area contributed by atoms with Gasteiger partial charge in [0.15, 0.2) is 0 Å². The number of urea groups is 1. The molecule has 0 aliphatic carbocycles. The lowest BCUT2D eigenvalue weighted by Gasteiger charge is -2.12. The Kier molecular flexibility index (Phi) is 4.88. The average Bonchev–Trinajstić information content (AvgIpc) is 2.46. The molecule has 3 nitrogen and oxygen atoms in total. The Morgan fingerprint density at radius 3 is 2.52 bits per heavy atom. The summed E-state index contributed by atoms with van der Waals surface area (Å²) in [5, 5.41) is 4.54. The molecule has 0 spiro atoms. The largest absolute Gasteiger partial charge is 0.416 e. The van der Waals surface area contributed by atoms with Gasteiger partial charge in [0.1, 0.15) is 5.82 Å². The fourth-order valence-electron chi connectivity index (χ4n) is 1.97. The number of halogens is 4. The first kappa shape index (κ1) is 16.8. The smallest absolute Gasteiger partial charge is 0.334 e. The summed E-state index contributed by atoms with van der Waals surface area (Å²) in [6.45, 7) is 2.07. The minimum Gasteiger partial charge on any atom is -0.334 e. The third kappa shape index (κ3) is 4.70. The van der Waals surface area contributed by atoms with E-state index in [-0.39, 0.29) is 6.54 Å². The number of aryl methyl sites for hydroxylation is 1. The van der Waals surface area contributed by atoms with E-state index in [9.17, 15) is 22.4 Å². The zero-order chi connectivity index (χ0) is 17.0. The van der Waals surface area contributed by atoms with Crippen molar-refractivity contribution >= 4 is 11.7 Å². The van der Waals surface area contributed by atoms with Gasteiger partial charge in [-0.1, -0.05) is 29.8 Å². The third-order valence-corrected chi connectivity index (χ3v) is 3.08. The molecule has 0 aromatic heterocycles. The fraction of sp³-hybridized carbons (Fsp3) is 0.188. The molecule has 0 saturated heterocycles. The molecule has 0 unspecified atom stereocenters. The molecule has 0 radical (unpaired) electrons. The van der Waals surface area contributed by atoms with Crippen LogP contribution in [0, 0.1) is 12.7 Å². The van der Waals surface area contributed by atoms with E-state index in [2.05, 4.69) is 10.6 Å². The van der Waals surface area contributed by atoms with E-state index >= 15 is 0 Å². The number of alkyl halides is 3. The molecule has 2 aromatic rings. The van der Waals surface area contributed by atoms with Gasteiger partial charge in [-0.25, -0.2) is 9.18 Å². The molecule has 2 N–H and O–H groups in total. The Bertz CT molecular complexity index is 713. The number of carbonyl (C=O) groups excluding carboxylic acids is 1. The quantitative estimate of drug-likeness (QED) is 0.803. The van der Waals surface area contributed by atoms with Gasteiger partial charge in [-0.3, -0.25) is 0 Å². The van der Waals surface area contributed by atoms with Crippen LogP contribution in [0.25, 0.3) is 0 Å². The van der Waals surface area contributed by atoms with E-state index in [1.54, 1.807) is 6.07 Å². The van der Waals surface area contributed by atoms with E-state index in [0.717, 1.165) is 11.1 Å². The van der Waals surface area contributed by atoms with E-state index < -0.39 is 29.3 Å². The van der Waals surface area contributed by atoms with Crippen LogP contribution in [0.3, 0.4) is 0 Å². The molecule has 23 heavy (non-hydrogen) atoms. The van der Waals surface area contributed by atoms with Gasteiger partial charge in [0, 0.05) is 6.54 Å². The number of hydrogen-bond acceptors (Lipinski definition) is 1. The normalized spacial score (nSPS) is 11.2. The van der Waals surface area contributed by atoms with Gasteiger partial charge in [-0.15, -0.1) is 0 Å².